The normalized spacial score (nSPS) is 11.3. The highest BCUT2D eigenvalue weighted by Gasteiger charge is 2.16. The smallest absolute Gasteiger partial charge is 0.261 e. The fourth-order valence-electron chi connectivity index (χ4n) is 3.28. The van der Waals surface area contributed by atoms with Gasteiger partial charge in [-0.1, -0.05) is 0 Å². The third-order valence-electron chi connectivity index (χ3n) is 4.75. The van der Waals surface area contributed by atoms with E-state index in [0.717, 1.165) is 29.2 Å². The van der Waals surface area contributed by atoms with Gasteiger partial charge in [0.05, 0.1) is 30.8 Å². The Balaban J connectivity index is 1.52. The lowest BCUT2D eigenvalue weighted by molar-refractivity contribution is 0.102. The van der Waals surface area contributed by atoms with Gasteiger partial charge in [0.2, 0.25) is 0 Å². The molecule has 4 aromatic rings. The largest absolute Gasteiger partial charge is 0.319 e. The molecule has 0 aliphatic carbocycles. The van der Waals surface area contributed by atoms with Gasteiger partial charge in [-0.25, -0.2) is 9.50 Å². The lowest BCUT2D eigenvalue weighted by Crippen LogP contribution is -2.12. The van der Waals surface area contributed by atoms with Crippen molar-refractivity contribution in [3.8, 4) is 0 Å². The third kappa shape index (κ3) is 3.15. The molecule has 0 spiro atoms. The van der Waals surface area contributed by atoms with Crippen LogP contribution >= 0.6 is 0 Å². The van der Waals surface area contributed by atoms with E-state index in [1.54, 1.807) is 21.6 Å². The molecular weight excluding hydrogens is 356 g/mol. The Morgan fingerprint density at radius 1 is 1.11 bits per heavy atom. The number of rotatable bonds is 5. The minimum Gasteiger partial charge on any atom is -0.319 e. The molecule has 0 fully saturated rings. The quantitative estimate of drug-likeness (QED) is 0.575. The van der Waals surface area contributed by atoms with Gasteiger partial charge in [-0.2, -0.15) is 15.3 Å². The summed E-state index contributed by atoms with van der Waals surface area (Å²) in [5.41, 5.74) is 5.58. The Morgan fingerprint density at radius 2 is 1.93 bits per heavy atom. The van der Waals surface area contributed by atoms with Crippen LogP contribution in [0, 0.1) is 20.8 Å². The summed E-state index contributed by atoms with van der Waals surface area (Å²) in [5, 5.41) is 15.8. The van der Waals surface area contributed by atoms with Gasteiger partial charge in [0, 0.05) is 35.4 Å². The number of fused-ring (bicyclic) bond motifs is 1. The molecule has 0 saturated carbocycles. The molecule has 0 aliphatic rings. The number of nitrogens with one attached hydrogen (secondary N) is 1. The minimum atomic E-state index is -0.262. The number of hydrogen-bond donors (Lipinski definition) is 1. The molecule has 0 aliphatic heterocycles. The van der Waals surface area contributed by atoms with E-state index >= 15 is 0 Å². The molecule has 0 atom stereocenters. The summed E-state index contributed by atoms with van der Waals surface area (Å²) in [5.74, 6) is -0.262. The molecule has 0 aromatic carbocycles. The molecule has 0 saturated heterocycles. The first-order chi connectivity index (χ1) is 13.5. The predicted molar refractivity (Wildman–Crippen MR) is 104 cm³/mol. The van der Waals surface area contributed by atoms with Crippen LogP contribution in [-0.4, -0.2) is 40.1 Å². The molecule has 144 valence electrons. The Hall–Kier alpha value is -3.49. The first kappa shape index (κ1) is 17.9. The van der Waals surface area contributed by atoms with E-state index < -0.39 is 0 Å². The summed E-state index contributed by atoms with van der Waals surface area (Å²) < 4.78 is 5.39. The zero-order valence-corrected chi connectivity index (χ0v) is 16.3. The summed E-state index contributed by atoms with van der Waals surface area (Å²) in [6.07, 6.45) is 6.83. The van der Waals surface area contributed by atoms with E-state index in [1.807, 2.05) is 37.7 Å². The molecule has 4 rings (SSSR count). The number of carbonyl (C=O) groups excluding carboxylic acids is 1. The van der Waals surface area contributed by atoms with Crippen molar-refractivity contribution in [3.63, 3.8) is 0 Å². The molecule has 4 heterocycles. The zero-order valence-electron chi connectivity index (χ0n) is 16.3. The number of aryl methyl sites for hydroxylation is 3. The van der Waals surface area contributed by atoms with Gasteiger partial charge >= 0.3 is 0 Å². The van der Waals surface area contributed by atoms with Crippen LogP contribution in [0.25, 0.3) is 5.65 Å². The number of aromatic nitrogens is 7. The maximum atomic E-state index is 12.7. The Bertz CT molecular complexity index is 1170. The molecule has 0 bridgehead atoms. The van der Waals surface area contributed by atoms with E-state index in [4.69, 9.17) is 0 Å². The van der Waals surface area contributed by atoms with Crippen molar-refractivity contribution in [3.05, 3.63) is 59.1 Å². The van der Waals surface area contributed by atoms with Crippen LogP contribution in [0.5, 0.6) is 0 Å². The van der Waals surface area contributed by atoms with Gasteiger partial charge in [0.25, 0.3) is 5.91 Å². The summed E-state index contributed by atoms with van der Waals surface area (Å²) in [4.78, 5) is 17.2. The van der Waals surface area contributed by atoms with Gasteiger partial charge in [-0.3, -0.25) is 14.2 Å². The fourth-order valence-corrected chi connectivity index (χ4v) is 3.28. The average molecular weight is 378 g/mol. The van der Waals surface area contributed by atoms with Crippen LogP contribution in [0.3, 0.4) is 0 Å². The van der Waals surface area contributed by atoms with Crippen LogP contribution in [0.1, 0.15) is 39.9 Å². The van der Waals surface area contributed by atoms with Gasteiger partial charge in [-0.15, -0.1) is 0 Å². The number of nitrogens with zero attached hydrogens (tertiary/aromatic N) is 7. The molecule has 0 unspecified atom stereocenters. The Labute approximate surface area is 162 Å². The van der Waals surface area contributed by atoms with Crippen molar-refractivity contribution in [2.45, 2.75) is 40.8 Å². The summed E-state index contributed by atoms with van der Waals surface area (Å²) in [6.45, 7) is 9.36. The molecule has 1 N–H and O–H groups in total. The van der Waals surface area contributed by atoms with Crippen molar-refractivity contribution in [2.24, 2.45) is 0 Å². The molecule has 9 nitrogen and oxygen atoms in total. The van der Waals surface area contributed by atoms with Crippen LogP contribution < -0.4 is 5.32 Å². The Morgan fingerprint density at radius 3 is 2.68 bits per heavy atom. The molecule has 28 heavy (non-hydrogen) atoms. The minimum absolute atomic E-state index is 0.262. The van der Waals surface area contributed by atoms with Crippen molar-refractivity contribution >= 4 is 17.2 Å². The van der Waals surface area contributed by atoms with Crippen molar-refractivity contribution in [1.82, 2.24) is 34.2 Å². The second-order valence-electron chi connectivity index (χ2n) is 6.78. The molecule has 9 heteroatoms. The SMILES string of the molecule is CCn1ncc(Cn2cc(NC(=O)c3cnn4c(C)cc(C)nc34)cn2)c1C. The summed E-state index contributed by atoms with van der Waals surface area (Å²) >= 11 is 0. The van der Waals surface area contributed by atoms with E-state index in [-0.39, 0.29) is 5.91 Å². The topological polar surface area (TPSA) is 94.9 Å². The highest BCUT2D eigenvalue weighted by molar-refractivity contribution is 6.08. The van der Waals surface area contributed by atoms with Crippen LogP contribution in [0.2, 0.25) is 0 Å². The van der Waals surface area contributed by atoms with Gasteiger partial charge < -0.3 is 5.32 Å². The third-order valence-corrected chi connectivity index (χ3v) is 4.75. The first-order valence-corrected chi connectivity index (χ1v) is 9.13. The van der Waals surface area contributed by atoms with Gasteiger partial charge in [-0.05, 0) is 33.8 Å². The monoisotopic (exact) mass is 378 g/mol. The molecule has 4 aromatic heterocycles. The molecule has 0 radical (unpaired) electrons. The van der Waals surface area contributed by atoms with Gasteiger partial charge in [0.1, 0.15) is 5.56 Å². The first-order valence-electron chi connectivity index (χ1n) is 9.13. The lowest BCUT2D eigenvalue weighted by Gasteiger charge is -2.04. The number of amides is 1. The summed E-state index contributed by atoms with van der Waals surface area (Å²) in [6, 6.07) is 1.92. The fraction of sp³-hybridized carbons (Fsp3) is 0.316. The second kappa shape index (κ2) is 6.91. The summed E-state index contributed by atoms with van der Waals surface area (Å²) in [7, 11) is 0. The number of hydrogen-bond acceptors (Lipinski definition) is 5. The lowest BCUT2D eigenvalue weighted by atomic mass is 10.2. The van der Waals surface area contributed by atoms with Crippen LogP contribution in [0.4, 0.5) is 5.69 Å². The van der Waals surface area contributed by atoms with Crippen molar-refractivity contribution < 1.29 is 4.79 Å². The Kier molecular flexibility index (Phi) is 4.42. The molecule has 1 amide bonds. The predicted octanol–water partition coefficient (Wildman–Crippen LogP) is 2.37. The number of anilines is 1. The number of carbonyl (C=O) groups is 1. The van der Waals surface area contributed by atoms with E-state index in [1.165, 1.54) is 6.20 Å². The van der Waals surface area contributed by atoms with Crippen LogP contribution in [0.15, 0.2) is 30.9 Å². The van der Waals surface area contributed by atoms with Gasteiger partial charge in [0.15, 0.2) is 5.65 Å². The van der Waals surface area contributed by atoms with E-state index in [0.29, 0.717) is 23.4 Å². The molecular formula is C19H22N8O. The van der Waals surface area contributed by atoms with E-state index in [9.17, 15) is 4.79 Å². The average Bonchev–Trinajstić information content (AvgIpc) is 3.35. The second-order valence-corrected chi connectivity index (χ2v) is 6.78. The van der Waals surface area contributed by atoms with Crippen LogP contribution in [-0.2, 0) is 13.1 Å². The maximum Gasteiger partial charge on any atom is 0.261 e. The van der Waals surface area contributed by atoms with Crippen molar-refractivity contribution in [1.29, 1.82) is 0 Å². The van der Waals surface area contributed by atoms with E-state index in [2.05, 4.69) is 32.5 Å². The highest BCUT2D eigenvalue weighted by atomic mass is 16.1. The maximum absolute atomic E-state index is 12.7. The standard InChI is InChI=1S/C19H22N8O/c1-5-26-14(4)15(7-21-26)10-25-11-16(8-20-25)24-19(28)17-9-22-27-13(3)6-12(2)23-18(17)27/h6-9,11H,5,10H2,1-4H3,(H,24,28). The highest BCUT2D eigenvalue weighted by Crippen LogP contribution is 2.15. The zero-order chi connectivity index (χ0) is 19.8. The van der Waals surface area contributed by atoms with Crippen molar-refractivity contribution in [2.75, 3.05) is 5.32 Å².